The Kier molecular flexibility index (Phi) is 5.76. The molecule has 0 bridgehead atoms. The molecule has 1 amide bonds. The highest BCUT2D eigenvalue weighted by molar-refractivity contribution is 7.92. The van der Waals surface area contributed by atoms with Gasteiger partial charge in [-0.25, -0.2) is 8.42 Å². The summed E-state index contributed by atoms with van der Waals surface area (Å²) in [4.78, 5) is 12.1. The van der Waals surface area contributed by atoms with Crippen molar-refractivity contribution in [2.75, 3.05) is 29.2 Å². The first-order valence-electron chi connectivity index (χ1n) is 8.26. The summed E-state index contributed by atoms with van der Waals surface area (Å²) in [6.07, 6.45) is 1.63. The zero-order valence-electron chi connectivity index (χ0n) is 14.6. The van der Waals surface area contributed by atoms with E-state index in [1.807, 2.05) is 0 Å². The van der Waals surface area contributed by atoms with Gasteiger partial charge in [-0.05, 0) is 30.7 Å². The molecule has 27 heavy (non-hydrogen) atoms. The van der Waals surface area contributed by atoms with Crippen molar-refractivity contribution < 1.29 is 22.7 Å². The van der Waals surface area contributed by atoms with E-state index in [0.717, 1.165) is 6.26 Å². The van der Waals surface area contributed by atoms with Crippen molar-refractivity contribution >= 4 is 38.9 Å². The van der Waals surface area contributed by atoms with Crippen LogP contribution in [-0.4, -0.2) is 33.9 Å². The summed E-state index contributed by atoms with van der Waals surface area (Å²) >= 11 is 6.01. The number of hydrogen-bond donors (Lipinski definition) is 1. The number of para-hydroxylation sites is 1. The average Bonchev–Trinajstić information content (AvgIpc) is 3.07. The van der Waals surface area contributed by atoms with Crippen molar-refractivity contribution in [1.82, 2.24) is 0 Å². The van der Waals surface area contributed by atoms with E-state index in [1.165, 1.54) is 4.31 Å². The maximum Gasteiger partial charge on any atom is 0.232 e. The number of rotatable bonds is 7. The molecule has 2 aromatic rings. The number of ether oxygens (including phenoxy) is 2. The molecule has 0 fully saturated rings. The Balaban J connectivity index is 1.63. The van der Waals surface area contributed by atoms with Crippen molar-refractivity contribution in [3.8, 4) is 11.5 Å². The molecule has 1 aliphatic rings. The molecule has 0 aromatic heterocycles. The first-order chi connectivity index (χ1) is 12.8. The molecule has 3 rings (SSSR count). The van der Waals surface area contributed by atoms with Crippen LogP contribution < -0.4 is 19.1 Å². The third-order valence-corrected chi connectivity index (χ3v) is 5.48. The number of carbonyl (C=O) groups excluding carboxylic acids is 1. The lowest BCUT2D eigenvalue weighted by atomic mass is 10.2. The van der Waals surface area contributed by atoms with Crippen LogP contribution in [0.2, 0.25) is 5.02 Å². The van der Waals surface area contributed by atoms with Crippen LogP contribution in [0.5, 0.6) is 11.5 Å². The van der Waals surface area contributed by atoms with Crippen LogP contribution in [0.3, 0.4) is 0 Å². The van der Waals surface area contributed by atoms with Gasteiger partial charge in [0.05, 0.1) is 22.7 Å². The smallest absolute Gasteiger partial charge is 0.232 e. The second-order valence-electron chi connectivity index (χ2n) is 6.00. The summed E-state index contributed by atoms with van der Waals surface area (Å²) in [6.45, 7) is 0.272. The van der Waals surface area contributed by atoms with Gasteiger partial charge in [-0.1, -0.05) is 23.7 Å². The molecule has 0 saturated heterocycles. The highest BCUT2D eigenvalue weighted by Crippen LogP contribution is 2.36. The lowest BCUT2D eigenvalue weighted by Crippen LogP contribution is -2.31. The summed E-state index contributed by atoms with van der Waals surface area (Å²) < 4.78 is 36.2. The first-order valence-corrected chi connectivity index (χ1v) is 10.5. The molecular weight excluding hydrogens is 392 g/mol. The van der Waals surface area contributed by atoms with E-state index in [9.17, 15) is 13.2 Å². The van der Waals surface area contributed by atoms with Crippen molar-refractivity contribution in [2.24, 2.45) is 0 Å². The fourth-order valence-electron chi connectivity index (χ4n) is 2.69. The van der Waals surface area contributed by atoms with Gasteiger partial charge in [0.25, 0.3) is 0 Å². The number of hydrogen-bond acceptors (Lipinski definition) is 5. The Morgan fingerprint density at radius 2 is 1.93 bits per heavy atom. The lowest BCUT2D eigenvalue weighted by Gasteiger charge is -2.22. The molecule has 144 valence electrons. The topological polar surface area (TPSA) is 84.9 Å². The molecule has 2 aromatic carbocycles. The van der Waals surface area contributed by atoms with Gasteiger partial charge < -0.3 is 14.8 Å². The number of anilines is 2. The Bertz CT molecular complexity index is 949. The highest BCUT2D eigenvalue weighted by atomic mass is 35.5. The number of benzene rings is 2. The molecule has 0 radical (unpaired) electrons. The van der Waals surface area contributed by atoms with Crippen molar-refractivity contribution in [3.05, 3.63) is 47.5 Å². The predicted octanol–water partition coefficient (Wildman–Crippen LogP) is 3.25. The number of sulfonamides is 1. The molecule has 0 aliphatic carbocycles. The molecule has 0 spiro atoms. The third kappa shape index (κ3) is 4.84. The van der Waals surface area contributed by atoms with E-state index in [1.54, 1.807) is 42.5 Å². The van der Waals surface area contributed by atoms with Crippen LogP contribution in [0.15, 0.2) is 42.5 Å². The lowest BCUT2D eigenvalue weighted by molar-refractivity contribution is -0.116. The Morgan fingerprint density at radius 1 is 1.19 bits per heavy atom. The summed E-state index contributed by atoms with van der Waals surface area (Å²) in [5.74, 6) is 0.839. The summed E-state index contributed by atoms with van der Waals surface area (Å²) in [6, 6.07) is 11.9. The number of halogens is 1. The molecule has 0 unspecified atom stereocenters. The van der Waals surface area contributed by atoms with Gasteiger partial charge in [0, 0.05) is 19.0 Å². The number of nitrogens with zero attached hydrogens (tertiary/aromatic N) is 1. The molecule has 7 nitrogen and oxygen atoms in total. The Morgan fingerprint density at radius 3 is 2.67 bits per heavy atom. The SMILES string of the molecule is CS(=O)(=O)N(CCCC(=O)Nc1ccccc1Cl)c1ccc2c(c1)OCO2. The quantitative estimate of drug-likeness (QED) is 0.757. The highest BCUT2D eigenvalue weighted by Gasteiger charge is 2.21. The van der Waals surface area contributed by atoms with Gasteiger partial charge in [0.1, 0.15) is 0 Å². The van der Waals surface area contributed by atoms with Gasteiger partial charge >= 0.3 is 0 Å². The van der Waals surface area contributed by atoms with Crippen LogP contribution in [0.4, 0.5) is 11.4 Å². The molecule has 0 atom stereocenters. The summed E-state index contributed by atoms with van der Waals surface area (Å²) in [7, 11) is -3.51. The van der Waals surface area contributed by atoms with Gasteiger partial charge in [-0.15, -0.1) is 0 Å². The van der Waals surface area contributed by atoms with E-state index in [2.05, 4.69) is 5.32 Å². The van der Waals surface area contributed by atoms with Crippen LogP contribution in [0.25, 0.3) is 0 Å². The molecular formula is C18H19ClN2O5S. The second kappa shape index (κ2) is 8.06. The molecule has 1 heterocycles. The van der Waals surface area contributed by atoms with Gasteiger partial charge in [-0.3, -0.25) is 9.10 Å². The number of nitrogens with one attached hydrogen (secondary N) is 1. The predicted molar refractivity (Wildman–Crippen MR) is 104 cm³/mol. The van der Waals surface area contributed by atoms with Crippen LogP contribution in [0.1, 0.15) is 12.8 Å². The summed E-state index contributed by atoms with van der Waals surface area (Å²) in [5, 5.41) is 3.17. The minimum atomic E-state index is -3.51. The van der Waals surface area contributed by atoms with Crippen LogP contribution >= 0.6 is 11.6 Å². The molecule has 1 aliphatic heterocycles. The normalized spacial score (nSPS) is 12.7. The zero-order valence-corrected chi connectivity index (χ0v) is 16.2. The second-order valence-corrected chi connectivity index (χ2v) is 8.32. The standard InChI is InChI=1S/C18H19ClN2O5S/c1-27(23,24)21(13-8-9-16-17(11-13)26-12-25-16)10-4-7-18(22)20-15-6-3-2-5-14(15)19/h2-3,5-6,8-9,11H,4,7,10,12H2,1H3,(H,20,22). The Labute approximate surface area is 162 Å². The van der Waals surface area contributed by atoms with Crippen molar-refractivity contribution in [1.29, 1.82) is 0 Å². The maximum atomic E-state index is 12.2. The van der Waals surface area contributed by atoms with Gasteiger partial charge in [-0.2, -0.15) is 0 Å². The third-order valence-electron chi connectivity index (χ3n) is 3.96. The maximum absolute atomic E-state index is 12.2. The molecule has 0 saturated carbocycles. The van der Waals surface area contributed by atoms with Gasteiger partial charge in [0.2, 0.25) is 22.7 Å². The number of carbonyl (C=O) groups is 1. The van der Waals surface area contributed by atoms with E-state index < -0.39 is 10.0 Å². The number of fused-ring (bicyclic) bond motifs is 1. The summed E-state index contributed by atoms with van der Waals surface area (Å²) in [5.41, 5.74) is 0.994. The number of amides is 1. The average molecular weight is 411 g/mol. The van der Waals surface area contributed by atoms with E-state index in [0.29, 0.717) is 34.3 Å². The van der Waals surface area contributed by atoms with Crippen molar-refractivity contribution in [3.63, 3.8) is 0 Å². The molecule has 1 N–H and O–H groups in total. The van der Waals surface area contributed by atoms with Crippen LogP contribution in [0, 0.1) is 0 Å². The molecule has 9 heteroatoms. The van der Waals surface area contributed by atoms with E-state index >= 15 is 0 Å². The van der Waals surface area contributed by atoms with E-state index in [4.69, 9.17) is 21.1 Å². The van der Waals surface area contributed by atoms with Gasteiger partial charge in [0.15, 0.2) is 11.5 Å². The van der Waals surface area contributed by atoms with Crippen molar-refractivity contribution in [2.45, 2.75) is 12.8 Å². The fourth-order valence-corrected chi connectivity index (χ4v) is 3.83. The van der Waals surface area contributed by atoms with Crippen LogP contribution in [-0.2, 0) is 14.8 Å². The minimum Gasteiger partial charge on any atom is -0.454 e. The van der Waals surface area contributed by atoms with E-state index in [-0.39, 0.29) is 25.7 Å². The fraction of sp³-hybridized carbons (Fsp3) is 0.278. The Hall–Kier alpha value is -2.45. The largest absolute Gasteiger partial charge is 0.454 e. The monoisotopic (exact) mass is 410 g/mol. The first kappa shape index (κ1) is 19.3. The zero-order chi connectivity index (χ0) is 19.4. The minimum absolute atomic E-state index is 0.111.